The number of ketones is 1. The quantitative estimate of drug-likeness (QED) is 0.413. The number of carbonyl (C=O) groups excluding carboxylic acids is 1. The predicted molar refractivity (Wildman–Crippen MR) is 131 cm³/mol. The van der Waals surface area contributed by atoms with Crippen LogP contribution in [-0.4, -0.2) is 39.6 Å². The van der Waals surface area contributed by atoms with Gasteiger partial charge in [0, 0.05) is 27.0 Å². The van der Waals surface area contributed by atoms with Crippen LogP contribution in [0.2, 0.25) is 0 Å². The highest BCUT2D eigenvalue weighted by Gasteiger charge is 2.52. The second-order valence-electron chi connectivity index (χ2n) is 9.88. The van der Waals surface area contributed by atoms with Crippen molar-refractivity contribution in [2.45, 2.75) is 76.2 Å². The van der Waals surface area contributed by atoms with Gasteiger partial charge in [0.05, 0.1) is 34.3 Å². The molecule has 2 aromatic carbocycles. The molecule has 1 aliphatic heterocycles. The Labute approximate surface area is 221 Å². The van der Waals surface area contributed by atoms with Crippen LogP contribution in [0.4, 0.5) is 13.2 Å². The van der Waals surface area contributed by atoms with Crippen molar-refractivity contribution < 1.29 is 45.9 Å². The van der Waals surface area contributed by atoms with Gasteiger partial charge < -0.3 is 24.3 Å². The minimum Gasteiger partial charge on any atom is -0.395 e. The van der Waals surface area contributed by atoms with Crippen molar-refractivity contribution in [1.29, 1.82) is 0 Å². The maximum absolute atomic E-state index is 15.9. The molecule has 1 unspecified atom stereocenters. The van der Waals surface area contributed by atoms with E-state index < -0.39 is 84.9 Å². The fraction of sp³-hybridized carbons (Fsp3) is 0.464. The molecule has 6 nitrogen and oxygen atoms in total. The molecule has 1 saturated carbocycles. The number of nitrogens with zero attached hydrogens (tertiary/aromatic N) is 1. The fourth-order valence-electron chi connectivity index (χ4n) is 4.70. The van der Waals surface area contributed by atoms with E-state index in [0.29, 0.717) is 18.4 Å². The number of hydrogen-bond donors (Lipinski definition) is 2. The molecule has 0 radical (unpaired) electrons. The molecule has 198 valence electrons. The van der Waals surface area contributed by atoms with Crippen LogP contribution in [0.1, 0.15) is 65.0 Å². The molecule has 9 heteroatoms. The monoisotopic (exact) mass is 523 g/mol. The predicted octanol–water partition coefficient (Wildman–Crippen LogP) is 4.99. The molecule has 2 aliphatic rings. The van der Waals surface area contributed by atoms with Crippen molar-refractivity contribution in [3.63, 3.8) is 0 Å². The summed E-state index contributed by atoms with van der Waals surface area (Å²) in [5, 5.41) is 19.5. The zero-order valence-electron chi connectivity index (χ0n) is 26.3. The lowest BCUT2D eigenvalue weighted by Crippen LogP contribution is -2.26. The summed E-state index contributed by atoms with van der Waals surface area (Å²) < 4.78 is 104. The number of rotatable bonds is 9. The number of hydrogen-bond acceptors (Lipinski definition) is 5. The average Bonchev–Trinajstić information content (AvgIpc) is 3.61. The van der Waals surface area contributed by atoms with E-state index in [1.54, 1.807) is 6.92 Å². The van der Waals surface area contributed by atoms with Gasteiger partial charge in [0.15, 0.2) is 11.5 Å². The molecule has 0 bridgehead atoms. The Morgan fingerprint density at radius 2 is 2.00 bits per heavy atom. The second kappa shape index (κ2) is 8.77. The largest absolute Gasteiger partial charge is 0.586 e. The molecule has 2 N–H and O–H groups in total. The molecule has 2 atom stereocenters. The number of halogens is 3. The third kappa shape index (κ3) is 4.48. The molecule has 0 saturated heterocycles. The van der Waals surface area contributed by atoms with Crippen LogP contribution in [0.25, 0.3) is 10.9 Å². The number of alkyl halides is 2. The van der Waals surface area contributed by atoms with E-state index in [4.69, 9.17) is 8.22 Å². The SMILES string of the molecule is [2H]c1c(CC(=O)C2(c3ccc4c(c3)OC(F)(F)O4)CC2)c(F)c([2H])c2c1c([2H])c(C(C)(CC)C([2H])([2H])[2H])n2C[C@@H](O)CO. The highest BCUT2D eigenvalue weighted by atomic mass is 19.3. The van der Waals surface area contributed by atoms with Gasteiger partial charge in [0.2, 0.25) is 0 Å². The van der Waals surface area contributed by atoms with Crippen LogP contribution in [0, 0.1) is 5.82 Å². The molecular weight excluding hydrogens is 487 g/mol. The smallest absolute Gasteiger partial charge is 0.395 e. The zero-order valence-corrected chi connectivity index (χ0v) is 20.3. The van der Waals surface area contributed by atoms with Gasteiger partial charge in [-0.2, -0.15) is 0 Å². The highest BCUT2D eigenvalue weighted by Crippen LogP contribution is 2.52. The van der Waals surface area contributed by atoms with Gasteiger partial charge in [0.25, 0.3) is 0 Å². The molecule has 5 rings (SSSR count). The number of ether oxygens (including phenoxy) is 2. The van der Waals surface area contributed by atoms with Crippen molar-refractivity contribution in [2.75, 3.05) is 6.61 Å². The first-order valence-corrected chi connectivity index (χ1v) is 12.0. The van der Waals surface area contributed by atoms with E-state index in [9.17, 15) is 23.8 Å². The van der Waals surface area contributed by atoms with Crippen LogP contribution >= 0.6 is 0 Å². The highest BCUT2D eigenvalue weighted by molar-refractivity contribution is 5.95. The molecule has 3 aromatic rings. The van der Waals surface area contributed by atoms with E-state index >= 15 is 4.39 Å². The lowest BCUT2D eigenvalue weighted by Gasteiger charge is -2.26. The third-order valence-electron chi connectivity index (χ3n) is 7.20. The normalized spacial score (nSPS) is 22.2. The van der Waals surface area contributed by atoms with Crippen molar-refractivity contribution in [3.8, 4) is 11.5 Å². The number of aliphatic hydroxyl groups excluding tert-OH is 2. The Morgan fingerprint density at radius 3 is 2.65 bits per heavy atom. The number of Topliss-reactive ketones (excluding diaryl/α,β-unsaturated/α-hetero) is 1. The Balaban J connectivity index is 1.63. The van der Waals surface area contributed by atoms with Crippen LogP contribution in [-0.2, 0) is 28.6 Å². The van der Waals surface area contributed by atoms with Crippen LogP contribution in [0.15, 0.2) is 36.3 Å². The first-order valence-electron chi connectivity index (χ1n) is 15.0. The maximum atomic E-state index is 15.9. The molecule has 2 heterocycles. The first kappa shape index (κ1) is 19.1. The summed E-state index contributed by atoms with van der Waals surface area (Å²) in [7, 11) is 0. The van der Waals surface area contributed by atoms with Crippen molar-refractivity contribution in [2.24, 2.45) is 0 Å². The fourth-order valence-corrected chi connectivity index (χ4v) is 4.70. The molecule has 0 spiro atoms. The number of benzene rings is 2. The van der Waals surface area contributed by atoms with Crippen molar-refractivity contribution in [3.05, 3.63) is 59.0 Å². The molecule has 37 heavy (non-hydrogen) atoms. The summed E-state index contributed by atoms with van der Waals surface area (Å²) in [5.41, 5.74) is -3.45. The Hall–Kier alpha value is -3.04. The Bertz CT molecular complexity index is 1640. The minimum absolute atomic E-state index is 0.0145. The zero-order chi connectivity index (χ0) is 31.9. The van der Waals surface area contributed by atoms with Gasteiger partial charge in [-0.25, -0.2) is 4.39 Å². The van der Waals surface area contributed by atoms with E-state index in [0.717, 1.165) is 4.57 Å². The van der Waals surface area contributed by atoms with Crippen LogP contribution in [0.3, 0.4) is 0 Å². The van der Waals surface area contributed by atoms with Gasteiger partial charge in [-0.15, -0.1) is 8.78 Å². The number of aromatic nitrogens is 1. The van der Waals surface area contributed by atoms with E-state index in [1.165, 1.54) is 25.1 Å². The average molecular weight is 524 g/mol. The number of fused-ring (bicyclic) bond motifs is 2. The number of carbonyl (C=O) groups is 1. The maximum Gasteiger partial charge on any atom is 0.586 e. The molecule has 1 aliphatic carbocycles. The summed E-state index contributed by atoms with van der Waals surface area (Å²) in [6.45, 7) is -0.930. The van der Waals surface area contributed by atoms with Crippen molar-refractivity contribution in [1.82, 2.24) is 4.57 Å². The summed E-state index contributed by atoms with van der Waals surface area (Å²) in [4.78, 5) is 13.6. The molecular formula is C28H30F3NO5. The van der Waals surface area contributed by atoms with Gasteiger partial charge in [-0.3, -0.25) is 4.79 Å². The Morgan fingerprint density at radius 1 is 1.27 bits per heavy atom. The van der Waals surface area contributed by atoms with E-state index in [-0.39, 0.29) is 34.5 Å². The van der Waals surface area contributed by atoms with E-state index in [2.05, 4.69) is 9.47 Å². The van der Waals surface area contributed by atoms with Crippen LogP contribution in [0.5, 0.6) is 11.5 Å². The van der Waals surface area contributed by atoms with E-state index in [1.807, 2.05) is 0 Å². The first-order chi connectivity index (χ1) is 19.9. The standard InChI is InChI=1S/C28H30F3NO5/c1-4-26(2,3)24-10-17-9-16(20(29)13-21(17)32(24)14-19(34)15-33)11-25(35)27(7-8-27)18-5-6-22-23(12-18)37-28(30,31)36-22/h5-6,9-10,12-13,19,33-34H,4,7-8,11,14-15H2,1-3H3/t19-/m1/s1/i2D3,9D,10D,13D/t19-,26?. The molecule has 1 aromatic heterocycles. The summed E-state index contributed by atoms with van der Waals surface area (Å²) >= 11 is 0. The summed E-state index contributed by atoms with van der Waals surface area (Å²) in [6.07, 6.45) is -5.32. The topological polar surface area (TPSA) is 80.9 Å². The minimum atomic E-state index is -3.85. The third-order valence-corrected chi connectivity index (χ3v) is 7.20. The molecule has 1 fully saturated rings. The van der Waals surface area contributed by atoms with Gasteiger partial charge in [-0.1, -0.05) is 26.8 Å². The van der Waals surface area contributed by atoms with Crippen molar-refractivity contribution >= 4 is 16.7 Å². The second-order valence-corrected chi connectivity index (χ2v) is 9.88. The van der Waals surface area contributed by atoms with Gasteiger partial charge in [-0.05, 0) is 60.6 Å². The lowest BCUT2D eigenvalue weighted by molar-refractivity contribution is -0.286. The van der Waals surface area contributed by atoms with Gasteiger partial charge in [0.1, 0.15) is 11.6 Å². The van der Waals surface area contributed by atoms with Crippen LogP contribution < -0.4 is 9.47 Å². The summed E-state index contributed by atoms with van der Waals surface area (Å²) in [6, 6.07) is 2.12. The van der Waals surface area contributed by atoms with Gasteiger partial charge >= 0.3 is 6.29 Å². The Kier molecular flexibility index (Phi) is 4.52. The summed E-state index contributed by atoms with van der Waals surface area (Å²) in [5.74, 6) is -2.21. The lowest BCUT2D eigenvalue weighted by atomic mass is 9.86. The number of aliphatic hydroxyl groups is 2. The molecule has 0 amide bonds.